The number of carbonyl (C=O) groups excluding carboxylic acids is 1. The van der Waals surface area contributed by atoms with Crippen LogP contribution in [0, 0.1) is 39.7 Å². The Bertz CT molecular complexity index is 1080. The Morgan fingerprint density at radius 2 is 1.82 bits per heavy atom. The molecule has 0 saturated carbocycles. The van der Waals surface area contributed by atoms with Crippen molar-refractivity contribution >= 4 is 11.9 Å². The summed E-state index contributed by atoms with van der Waals surface area (Å²) in [6.45, 7) is 1.36. The predicted octanol–water partition coefficient (Wildman–Crippen LogP) is 4.08. The number of rotatable bonds is 2. The Morgan fingerprint density at radius 3 is 2.46 bits per heavy atom. The zero-order valence-electron chi connectivity index (χ0n) is 14.9. The predicted molar refractivity (Wildman–Crippen MR) is 97.3 cm³/mol. The molecule has 6 heteroatoms. The lowest BCUT2D eigenvalue weighted by atomic mass is 9.67. The molecule has 0 radical (unpaired) electrons. The molecule has 0 aliphatic carbocycles. The molecule has 3 atom stereocenters. The number of nitriles is 2. The van der Waals surface area contributed by atoms with Gasteiger partial charge in [0, 0.05) is 18.2 Å². The number of fused-ring (bicyclic) bond motifs is 3. The van der Waals surface area contributed by atoms with Crippen molar-refractivity contribution in [3.8, 4) is 12.1 Å². The van der Waals surface area contributed by atoms with Gasteiger partial charge < -0.3 is 4.90 Å². The van der Waals surface area contributed by atoms with Crippen LogP contribution in [0.5, 0.6) is 0 Å². The third kappa shape index (κ3) is 2.28. The highest BCUT2D eigenvalue weighted by molar-refractivity contribution is 5.85. The van der Waals surface area contributed by atoms with Crippen LogP contribution in [0.15, 0.2) is 48.7 Å². The molecule has 4 rings (SSSR count). The molecule has 28 heavy (non-hydrogen) atoms. The number of hydrogen-bond donors (Lipinski definition) is 0. The molecular weight excluding hydrogens is 360 g/mol. The second-order valence-corrected chi connectivity index (χ2v) is 7.09. The molecule has 1 saturated heterocycles. The lowest BCUT2D eigenvalue weighted by molar-refractivity contribution is -0.121. The van der Waals surface area contributed by atoms with Crippen LogP contribution in [-0.4, -0.2) is 16.7 Å². The largest absolute Gasteiger partial charge is 0.357 e. The van der Waals surface area contributed by atoms with Gasteiger partial charge in [0.2, 0.25) is 0 Å². The average Bonchev–Trinajstić information content (AvgIpc) is 2.99. The number of carbonyl (C=O) groups is 1. The summed E-state index contributed by atoms with van der Waals surface area (Å²) in [5, 5.41) is 20.3. The lowest BCUT2D eigenvalue weighted by Crippen LogP contribution is -2.36. The second kappa shape index (κ2) is 6.28. The van der Waals surface area contributed by atoms with E-state index in [1.807, 2.05) is 18.2 Å². The number of benzene rings is 2. The van der Waals surface area contributed by atoms with E-state index in [0.717, 1.165) is 17.2 Å². The molecule has 0 bridgehead atoms. The van der Waals surface area contributed by atoms with Crippen LogP contribution in [0.2, 0.25) is 0 Å². The summed E-state index contributed by atoms with van der Waals surface area (Å²) in [4.78, 5) is 14.3. The van der Waals surface area contributed by atoms with Crippen LogP contribution < -0.4 is 0 Å². The number of halogens is 2. The van der Waals surface area contributed by atoms with Crippen LogP contribution in [0.25, 0.3) is 6.08 Å². The first-order valence-electron chi connectivity index (χ1n) is 8.77. The number of hydrogen-bond acceptors (Lipinski definition) is 4. The van der Waals surface area contributed by atoms with E-state index in [-0.39, 0.29) is 11.3 Å². The van der Waals surface area contributed by atoms with Gasteiger partial charge in [0.05, 0.1) is 24.2 Å². The molecule has 2 heterocycles. The average molecular weight is 375 g/mol. The van der Waals surface area contributed by atoms with E-state index in [2.05, 4.69) is 12.1 Å². The van der Waals surface area contributed by atoms with Gasteiger partial charge in [-0.3, -0.25) is 4.79 Å². The van der Waals surface area contributed by atoms with Crippen LogP contribution in [0.1, 0.15) is 35.6 Å². The fourth-order valence-corrected chi connectivity index (χ4v) is 4.55. The minimum atomic E-state index is -1.73. The van der Waals surface area contributed by atoms with Gasteiger partial charge in [-0.25, -0.2) is 8.78 Å². The SMILES string of the molecule is CC(=O)[C@H]1[C@H](c2ccc(F)cc2F)C(C#N)(C#N)[C@H]2c3ccccc3C=CN12. The minimum Gasteiger partial charge on any atom is -0.357 e. The van der Waals surface area contributed by atoms with Gasteiger partial charge in [-0.2, -0.15) is 10.5 Å². The zero-order valence-corrected chi connectivity index (χ0v) is 14.9. The van der Waals surface area contributed by atoms with Gasteiger partial charge in [0.15, 0.2) is 11.2 Å². The summed E-state index contributed by atoms with van der Waals surface area (Å²) in [5.74, 6) is -3.00. The van der Waals surface area contributed by atoms with Crippen LogP contribution >= 0.6 is 0 Å². The van der Waals surface area contributed by atoms with Gasteiger partial charge >= 0.3 is 0 Å². The highest BCUT2D eigenvalue weighted by Crippen LogP contribution is 2.59. The van der Waals surface area contributed by atoms with E-state index in [1.54, 1.807) is 23.2 Å². The van der Waals surface area contributed by atoms with Crippen molar-refractivity contribution in [2.45, 2.75) is 24.9 Å². The third-order valence-corrected chi connectivity index (χ3v) is 5.66. The van der Waals surface area contributed by atoms with Crippen LogP contribution in [0.3, 0.4) is 0 Å². The molecule has 0 aromatic heterocycles. The van der Waals surface area contributed by atoms with Crippen molar-refractivity contribution in [2.24, 2.45) is 5.41 Å². The molecule has 0 N–H and O–H groups in total. The van der Waals surface area contributed by atoms with Crippen LogP contribution in [-0.2, 0) is 4.79 Å². The van der Waals surface area contributed by atoms with E-state index >= 15 is 0 Å². The first-order valence-corrected chi connectivity index (χ1v) is 8.77. The summed E-state index contributed by atoms with van der Waals surface area (Å²) >= 11 is 0. The summed E-state index contributed by atoms with van der Waals surface area (Å²) in [5.41, 5.74) is -0.175. The molecule has 138 valence electrons. The molecule has 2 aromatic carbocycles. The van der Waals surface area contributed by atoms with E-state index in [9.17, 15) is 24.1 Å². The Balaban J connectivity index is 2.03. The summed E-state index contributed by atoms with van der Waals surface area (Å²) in [6.07, 6.45) is 3.49. The quantitative estimate of drug-likeness (QED) is 0.793. The standard InChI is InChI=1S/C22H15F2N3O/c1-13(28)20-19(17-7-6-15(23)10-18(17)24)22(11-25,12-26)21-16-5-3-2-4-14(16)8-9-27(20)21/h2-10,19-21H,1H3/t19-,20-,21+/m0/s1. The maximum absolute atomic E-state index is 14.7. The maximum Gasteiger partial charge on any atom is 0.177 e. The second-order valence-electron chi connectivity index (χ2n) is 7.09. The van der Waals surface area contributed by atoms with Crippen molar-refractivity contribution in [3.05, 3.63) is 77.0 Å². The summed E-state index contributed by atoms with van der Waals surface area (Å²) in [7, 11) is 0. The Hall–Kier alpha value is -3.51. The highest BCUT2D eigenvalue weighted by atomic mass is 19.1. The smallest absolute Gasteiger partial charge is 0.177 e. The van der Waals surface area contributed by atoms with E-state index < -0.39 is 35.1 Å². The van der Waals surface area contributed by atoms with Crippen molar-refractivity contribution in [1.29, 1.82) is 10.5 Å². The maximum atomic E-state index is 14.7. The zero-order chi connectivity index (χ0) is 20.1. The lowest BCUT2D eigenvalue weighted by Gasteiger charge is -2.34. The monoisotopic (exact) mass is 375 g/mol. The molecule has 0 amide bonds. The first kappa shape index (κ1) is 17.9. The van der Waals surface area contributed by atoms with Crippen molar-refractivity contribution in [3.63, 3.8) is 0 Å². The molecule has 1 fully saturated rings. The van der Waals surface area contributed by atoms with Gasteiger partial charge in [-0.05, 0) is 35.8 Å². The van der Waals surface area contributed by atoms with E-state index in [0.29, 0.717) is 6.07 Å². The molecular formula is C22H15F2N3O. The highest BCUT2D eigenvalue weighted by Gasteiger charge is 2.63. The van der Waals surface area contributed by atoms with Crippen molar-refractivity contribution in [1.82, 2.24) is 4.90 Å². The fourth-order valence-electron chi connectivity index (χ4n) is 4.55. The molecule has 2 aromatic rings. The number of ketones is 1. The third-order valence-electron chi connectivity index (χ3n) is 5.66. The fraction of sp³-hybridized carbons (Fsp3) is 0.227. The number of Topliss-reactive ketones (excluding diaryl/α,β-unsaturated/α-hetero) is 1. The molecule has 4 nitrogen and oxygen atoms in total. The topological polar surface area (TPSA) is 67.9 Å². The van der Waals surface area contributed by atoms with Gasteiger partial charge in [-0.15, -0.1) is 0 Å². The molecule has 2 aliphatic rings. The van der Waals surface area contributed by atoms with Crippen molar-refractivity contribution < 1.29 is 13.6 Å². The van der Waals surface area contributed by atoms with E-state index in [1.165, 1.54) is 13.0 Å². The van der Waals surface area contributed by atoms with Gasteiger partial charge in [0.25, 0.3) is 0 Å². The Kier molecular flexibility index (Phi) is 4.01. The molecule has 0 unspecified atom stereocenters. The van der Waals surface area contributed by atoms with Gasteiger partial charge in [0.1, 0.15) is 11.6 Å². The molecule has 0 spiro atoms. The minimum absolute atomic E-state index is 0.00928. The summed E-state index contributed by atoms with van der Waals surface area (Å²) in [6, 6.07) is 12.8. The van der Waals surface area contributed by atoms with Crippen molar-refractivity contribution in [2.75, 3.05) is 0 Å². The normalized spacial score (nSPS) is 24.0. The Morgan fingerprint density at radius 1 is 1.11 bits per heavy atom. The van der Waals surface area contributed by atoms with Gasteiger partial charge in [-0.1, -0.05) is 30.3 Å². The Labute approximate surface area is 160 Å². The molecule has 2 aliphatic heterocycles. The summed E-state index contributed by atoms with van der Waals surface area (Å²) < 4.78 is 28.2. The van der Waals surface area contributed by atoms with Crippen LogP contribution in [0.4, 0.5) is 8.78 Å². The number of nitrogens with zero attached hydrogens (tertiary/aromatic N) is 3. The van der Waals surface area contributed by atoms with E-state index in [4.69, 9.17) is 0 Å². The first-order chi connectivity index (χ1) is 13.4.